The molecule has 2 aliphatic heterocycles. The molecule has 3 unspecified atom stereocenters. The van der Waals surface area contributed by atoms with E-state index in [0.717, 1.165) is 50.3 Å². The molecule has 28 heavy (non-hydrogen) atoms. The Morgan fingerprint density at radius 2 is 1.89 bits per heavy atom. The third-order valence-electron chi connectivity index (χ3n) is 5.56. The molecule has 9 heteroatoms. The highest BCUT2D eigenvalue weighted by Gasteiger charge is 2.40. The predicted molar refractivity (Wildman–Crippen MR) is 112 cm³/mol. The molecule has 0 amide bonds. The van der Waals surface area contributed by atoms with Crippen LogP contribution in [0, 0.1) is 5.92 Å². The van der Waals surface area contributed by atoms with Crippen LogP contribution in [0.5, 0.6) is 0 Å². The van der Waals surface area contributed by atoms with Crippen LogP contribution < -0.4 is 16.0 Å². The van der Waals surface area contributed by atoms with Gasteiger partial charge in [-0.3, -0.25) is 9.69 Å². The number of nitrogens with two attached hydrogens (primary N) is 1. The number of nitrogens with one attached hydrogen (secondary N) is 1. The van der Waals surface area contributed by atoms with Crippen LogP contribution in [0.15, 0.2) is 30.6 Å². The molecule has 148 valence electrons. The fourth-order valence-electron chi connectivity index (χ4n) is 4.24. The van der Waals surface area contributed by atoms with E-state index in [2.05, 4.69) is 25.1 Å². The van der Waals surface area contributed by atoms with Crippen molar-refractivity contribution in [1.82, 2.24) is 14.9 Å². The summed E-state index contributed by atoms with van der Waals surface area (Å²) < 4.78 is 0. The zero-order valence-electron chi connectivity index (χ0n) is 15.3. The van der Waals surface area contributed by atoms with Gasteiger partial charge in [-0.2, -0.15) is 0 Å². The molecule has 0 saturated carbocycles. The molecule has 2 aromatic rings. The molecule has 7 nitrogen and oxygen atoms in total. The topological polar surface area (TPSA) is 87.4 Å². The average Bonchev–Trinajstić information content (AvgIpc) is 3.08. The van der Waals surface area contributed by atoms with Crippen LogP contribution in [0.1, 0.15) is 12.8 Å². The molecule has 3 heterocycles. The Morgan fingerprint density at radius 1 is 1.14 bits per heavy atom. The highest BCUT2D eigenvalue weighted by molar-refractivity contribution is 6.35. The third kappa shape index (κ3) is 4.01. The summed E-state index contributed by atoms with van der Waals surface area (Å²) in [7, 11) is 0. The number of aldehydes is 1. The number of hydrogen-bond donors (Lipinski definition) is 2. The molecule has 4 rings (SSSR count). The van der Waals surface area contributed by atoms with Crippen molar-refractivity contribution < 1.29 is 4.79 Å². The Morgan fingerprint density at radius 3 is 2.61 bits per heavy atom. The highest BCUT2D eigenvalue weighted by atomic mass is 35.5. The van der Waals surface area contributed by atoms with Gasteiger partial charge in [0.1, 0.15) is 24.1 Å². The minimum atomic E-state index is -0.451. The van der Waals surface area contributed by atoms with Gasteiger partial charge in [0.15, 0.2) is 6.29 Å². The fourth-order valence-corrected chi connectivity index (χ4v) is 4.77. The molecule has 2 saturated heterocycles. The van der Waals surface area contributed by atoms with Gasteiger partial charge in [-0.1, -0.05) is 23.2 Å². The summed E-state index contributed by atoms with van der Waals surface area (Å²) in [5, 5.41) is 4.31. The van der Waals surface area contributed by atoms with E-state index in [-0.39, 0.29) is 6.04 Å². The van der Waals surface area contributed by atoms with Gasteiger partial charge >= 0.3 is 0 Å². The normalized spacial score (nSPS) is 23.3. The highest BCUT2D eigenvalue weighted by Crippen LogP contribution is 2.35. The second-order valence-corrected chi connectivity index (χ2v) is 8.15. The maximum atomic E-state index is 11.8. The number of piperidine rings is 1. The second kappa shape index (κ2) is 8.11. The minimum absolute atomic E-state index is 0.287. The first-order chi connectivity index (χ1) is 13.5. The van der Waals surface area contributed by atoms with E-state index in [9.17, 15) is 4.79 Å². The standard InChI is InChI=1S/C19H22Cl2N6O/c20-13-5-14(21)7-15(6-13)25-19(10-28)26-3-1-12-2-4-27(16(12)9-26)18-8-17(22)23-11-24-18/h5-8,10-12,16,19,25H,1-4,9H2,(H2,22,23,24). The number of carbonyl (C=O) groups is 1. The summed E-state index contributed by atoms with van der Waals surface area (Å²) in [5.74, 6) is 1.89. The van der Waals surface area contributed by atoms with E-state index in [1.165, 1.54) is 6.33 Å². The Kier molecular flexibility index (Phi) is 5.57. The third-order valence-corrected chi connectivity index (χ3v) is 6.00. The van der Waals surface area contributed by atoms with Crippen LogP contribution in [0.25, 0.3) is 0 Å². The molecule has 0 aliphatic carbocycles. The molecule has 0 bridgehead atoms. The van der Waals surface area contributed by atoms with Crippen LogP contribution in [0.4, 0.5) is 17.3 Å². The van der Waals surface area contributed by atoms with Gasteiger partial charge in [0, 0.05) is 47.5 Å². The molecular formula is C19H22Cl2N6O. The zero-order valence-corrected chi connectivity index (χ0v) is 16.8. The van der Waals surface area contributed by atoms with E-state index in [0.29, 0.717) is 21.8 Å². The SMILES string of the molecule is Nc1cc(N2CCC3CCN(C(C=O)Nc4cc(Cl)cc(Cl)c4)CC32)ncn1. The van der Waals surface area contributed by atoms with Gasteiger partial charge in [0.05, 0.1) is 0 Å². The van der Waals surface area contributed by atoms with Gasteiger partial charge < -0.3 is 16.0 Å². The fraction of sp³-hybridized carbons (Fsp3) is 0.421. The van der Waals surface area contributed by atoms with Gasteiger partial charge in [-0.15, -0.1) is 0 Å². The molecule has 1 aromatic carbocycles. The summed E-state index contributed by atoms with van der Waals surface area (Å²) >= 11 is 12.2. The van der Waals surface area contributed by atoms with Crippen molar-refractivity contribution in [3.05, 3.63) is 40.6 Å². The summed E-state index contributed by atoms with van der Waals surface area (Å²) in [6.45, 7) is 2.55. The summed E-state index contributed by atoms with van der Waals surface area (Å²) in [6.07, 6.45) is 4.12. The predicted octanol–water partition coefficient (Wildman–Crippen LogP) is 2.90. The van der Waals surface area contributed by atoms with E-state index < -0.39 is 6.17 Å². The first-order valence-corrected chi connectivity index (χ1v) is 10.1. The number of halogens is 2. The molecule has 2 fully saturated rings. The lowest BCUT2D eigenvalue weighted by atomic mass is 9.92. The van der Waals surface area contributed by atoms with Crippen LogP contribution in [-0.2, 0) is 4.79 Å². The van der Waals surface area contributed by atoms with E-state index in [4.69, 9.17) is 28.9 Å². The summed E-state index contributed by atoms with van der Waals surface area (Å²) in [4.78, 5) is 24.7. The number of aromatic nitrogens is 2. The minimum Gasteiger partial charge on any atom is -0.384 e. The van der Waals surface area contributed by atoms with Crippen LogP contribution in [0.2, 0.25) is 10.0 Å². The number of carbonyl (C=O) groups excluding carboxylic acids is 1. The van der Waals surface area contributed by atoms with Crippen molar-refractivity contribution >= 4 is 46.8 Å². The number of rotatable bonds is 5. The van der Waals surface area contributed by atoms with Crippen molar-refractivity contribution in [3.8, 4) is 0 Å². The molecule has 2 aliphatic rings. The summed E-state index contributed by atoms with van der Waals surface area (Å²) in [5.41, 5.74) is 6.56. The number of likely N-dealkylation sites (tertiary alicyclic amines) is 1. The Balaban J connectivity index is 1.50. The van der Waals surface area contributed by atoms with Crippen molar-refractivity contribution in [1.29, 1.82) is 0 Å². The molecule has 3 atom stereocenters. The lowest BCUT2D eigenvalue weighted by molar-refractivity contribution is -0.112. The van der Waals surface area contributed by atoms with Crippen LogP contribution in [0.3, 0.4) is 0 Å². The van der Waals surface area contributed by atoms with Crippen LogP contribution in [-0.4, -0.2) is 53.0 Å². The molecule has 3 N–H and O–H groups in total. The summed E-state index contributed by atoms with van der Waals surface area (Å²) in [6, 6.07) is 7.30. The van der Waals surface area contributed by atoms with Crippen LogP contribution >= 0.6 is 23.2 Å². The number of anilines is 3. The first-order valence-electron chi connectivity index (χ1n) is 9.29. The Hall–Kier alpha value is -2.09. The molecule has 0 radical (unpaired) electrons. The second-order valence-electron chi connectivity index (χ2n) is 7.28. The first kappa shape index (κ1) is 19.2. The maximum absolute atomic E-state index is 11.8. The quantitative estimate of drug-likeness (QED) is 0.718. The maximum Gasteiger partial charge on any atom is 0.157 e. The van der Waals surface area contributed by atoms with E-state index in [1.54, 1.807) is 18.2 Å². The largest absolute Gasteiger partial charge is 0.384 e. The lowest BCUT2D eigenvalue weighted by Crippen LogP contribution is -2.54. The van der Waals surface area contributed by atoms with E-state index in [1.807, 2.05) is 6.07 Å². The van der Waals surface area contributed by atoms with Crippen molar-refractivity contribution in [3.63, 3.8) is 0 Å². The molecule has 1 aromatic heterocycles. The zero-order chi connectivity index (χ0) is 19.7. The Bertz CT molecular complexity index is 846. The van der Waals surface area contributed by atoms with Crippen molar-refractivity contribution in [2.75, 3.05) is 35.6 Å². The lowest BCUT2D eigenvalue weighted by Gasteiger charge is -2.41. The molecular weight excluding hydrogens is 399 g/mol. The number of benzene rings is 1. The Labute approximate surface area is 173 Å². The van der Waals surface area contributed by atoms with Crippen molar-refractivity contribution in [2.24, 2.45) is 5.92 Å². The number of nitrogen functional groups attached to an aromatic ring is 1. The molecule has 0 spiro atoms. The monoisotopic (exact) mass is 420 g/mol. The van der Waals surface area contributed by atoms with E-state index >= 15 is 0 Å². The van der Waals surface area contributed by atoms with Gasteiger partial charge in [-0.25, -0.2) is 9.97 Å². The van der Waals surface area contributed by atoms with Crippen molar-refractivity contribution in [2.45, 2.75) is 25.0 Å². The number of hydrogen-bond acceptors (Lipinski definition) is 7. The number of nitrogens with zero attached hydrogens (tertiary/aromatic N) is 4. The number of fused-ring (bicyclic) bond motifs is 1. The van der Waals surface area contributed by atoms with Gasteiger partial charge in [0.25, 0.3) is 0 Å². The smallest absolute Gasteiger partial charge is 0.157 e. The van der Waals surface area contributed by atoms with Gasteiger partial charge in [0.2, 0.25) is 0 Å². The van der Waals surface area contributed by atoms with Gasteiger partial charge in [-0.05, 0) is 37.0 Å². The average molecular weight is 421 g/mol.